The number of alkyl halides is 14. The molecule has 148 heavy (non-hydrogen) atoms. The van der Waals surface area contributed by atoms with Crippen molar-refractivity contribution in [2.24, 2.45) is 0 Å². The van der Waals surface area contributed by atoms with Crippen LogP contribution in [-0.2, 0) is 30.6 Å². The molecule has 27 nitrogen and oxygen atoms in total. The zero-order valence-electron chi connectivity index (χ0n) is 79.8. The first-order chi connectivity index (χ1) is 70.2. The van der Waals surface area contributed by atoms with Crippen LogP contribution in [0, 0.1) is 44.8 Å². The van der Waals surface area contributed by atoms with E-state index in [0.29, 0.717) is 171 Å². The van der Waals surface area contributed by atoms with Crippen molar-refractivity contribution >= 4 is 117 Å². The normalized spacial score (nSPS) is 15.7. The van der Waals surface area contributed by atoms with Crippen molar-refractivity contribution < 1.29 is 94.6 Å². The van der Waals surface area contributed by atoms with Gasteiger partial charge in [0, 0.05) is 121 Å². The lowest BCUT2D eigenvalue weighted by atomic mass is 9.85. The van der Waals surface area contributed by atoms with Gasteiger partial charge in [-0.05, 0) is 306 Å². The zero-order valence-corrected chi connectivity index (χ0v) is 85.3. The molecule has 20 rings (SSSR count). The molecule has 15 aromatic rings. The van der Waals surface area contributed by atoms with Crippen LogP contribution in [0.1, 0.15) is 237 Å². The predicted octanol–water partition coefficient (Wildman–Crippen LogP) is 23.1. The van der Waals surface area contributed by atoms with Gasteiger partial charge in [-0.25, -0.2) is 13.2 Å². The van der Waals surface area contributed by atoms with Crippen molar-refractivity contribution in [1.82, 2.24) is 97.5 Å². The lowest BCUT2D eigenvalue weighted by Crippen LogP contribution is -2.39. The number of nitriles is 1. The summed E-state index contributed by atoms with van der Waals surface area (Å²) in [5, 5.41) is 49.8. The minimum atomic E-state index is -4.77. The van der Waals surface area contributed by atoms with Gasteiger partial charge in [0.2, 0.25) is 29.1 Å². The number of fused-ring (bicyclic) bond motifs is 5. The van der Waals surface area contributed by atoms with E-state index in [0.717, 1.165) is 66.7 Å². The molecule has 5 aliphatic heterocycles. The number of ether oxygens (including phenoxy) is 1. The Balaban J connectivity index is 0.000000132. The van der Waals surface area contributed by atoms with Gasteiger partial charge < -0.3 is 29.2 Å². The molecule has 0 spiro atoms. The van der Waals surface area contributed by atoms with Crippen molar-refractivity contribution in [3.63, 3.8) is 0 Å². The molecule has 0 atom stereocenters. The molecule has 0 N–H and O–H groups in total. The van der Waals surface area contributed by atoms with Gasteiger partial charge >= 0.3 is 24.7 Å². The number of pyridine rings is 5. The molecule has 0 saturated carbocycles. The Labute approximate surface area is 865 Å². The molecule has 0 radical (unpaired) electrons. The second-order valence-electron chi connectivity index (χ2n) is 36.9. The Morgan fingerprint density at radius 2 is 0.689 bits per heavy atom. The zero-order chi connectivity index (χ0) is 106. The minimum absolute atomic E-state index is 0.0380. The van der Waals surface area contributed by atoms with Gasteiger partial charge in [0.05, 0.1) is 41.1 Å². The van der Waals surface area contributed by atoms with Crippen molar-refractivity contribution in [3.8, 4) is 11.8 Å². The van der Waals surface area contributed by atoms with Gasteiger partial charge in [-0.15, -0.1) is 51.0 Å². The van der Waals surface area contributed by atoms with Gasteiger partial charge in [0.25, 0.3) is 35.5 Å². The summed E-state index contributed by atoms with van der Waals surface area (Å²) in [7, 11) is 1.49. The van der Waals surface area contributed by atoms with Crippen LogP contribution in [0.3, 0.4) is 0 Å². The number of hydrogen-bond donors (Lipinski definition) is 0. The highest BCUT2D eigenvalue weighted by Gasteiger charge is 2.44. The highest BCUT2D eigenvalue weighted by molar-refractivity contribution is 9.11. The second kappa shape index (κ2) is 44.1. The van der Waals surface area contributed by atoms with Crippen LogP contribution >= 0.6 is 59.4 Å². The van der Waals surface area contributed by atoms with Crippen LogP contribution in [-0.4, -0.2) is 200 Å². The molecule has 5 aliphatic rings. The monoisotopic (exact) mass is 2260 g/mol. The average Bonchev–Trinajstić information content (AvgIpc) is 0.929. The quantitative estimate of drug-likeness (QED) is 0.103. The number of amides is 5. The summed E-state index contributed by atoms with van der Waals surface area (Å²) >= 11 is 16.4. The lowest BCUT2D eigenvalue weighted by Gasteiger charge is -2.33. The third-order valence-electron chi connectivity index (χ3n) is 26.9. The Morgan fingerprint density at radius 3 is 1.08 bits per heavy atom. The smallest absolute Gasteiger partial charge is 0.419 e. The van der Waals surface area contributed by atoms with Crippen LogP contribution in [0.4, 0.5) is 65.9 Å². The molecule has 5 saturated heterocycles. The van der Waals surface area contributed by atoms with Gasteiger partial charge in [-0.2, -0.15) is 57.9 Å². The van der Waals surface area contributed by atoms with Crippen LogP contribution < -0.4 is 4.74 Å². The van der Waals surface area contributed by atoms with E-state index in [1.807, 2.05) is 24.3 Å². The van der Waals surface area contributed by atoms with Gasteiger partial charge in [0.15, 0.2) is 28.2 Å². The molecule has 0 unspecified atom stereocenters. The summed E-state index contributed by atoms with van der Waals surface area (Å²) in [6, 6.07) is 39.1. The molecule has 15 heterocycles. The Bertz CT molecular complexity index is 7510. The van der Waals surface area contributed by atoms with Crippen LogP contribution in [0.2, 0.25) is 5.02 Å². The van der Waals surface area contributed by atoms with Gasteiger partial charge in [-0.3, -0.25) is 46.0 Å². The molecular formula is C102H92Br3ClF15N21O6. The van der Waals surface area contributed by atoms with E-state index in [9.17, 15) is 89.8 Å². The van der Waals surface area contributed by atoms with Crippen molar-refractivity contribution in [3.05, 3.63) is 313 Å². The number of carbonyl (C=O) groups excluding carboxylic acids is 5. The lowest BCUT2D eigenvalue weighted by molar-refractivity contribution is -0.141. The maximum Gasteiger partial charge on any atom is 0.419 e. The second-order valence-corrected chi connectivity index (χ2v) is 40.0. The number of carbonyl (C=O) groups is 5. The van der Waals surface area contributed by atoms with Gasteiger partial charge in [-0.1, -0.05) is 70.8 Å². The third-order valence-corrected chi connectivity index (χ3v) is 28.6. The van der Waals surface area contributed by atoms with Crippen molar-refractivity contribution in [2.75, 3.05) is 72.6 Å². The molecule has 5 fully saturated rings. The molecule has 46 heteroatoms. The first-order valence-corrected chi connectivity index (χ1v) is 49.6. The summed E-state index contributed by atoms with van der Waals surface area (Å²) in [5.74, 6) is -5.66. The fraction of sp³-hybridized carbons (Fsp3) is 0.353. The first kappa shape index (κ1) is 107. The number of aryl methyl sites for hydroxylation is 4. The molecule has 5 amide bonds. The molecule has 0 aliphatic carbocycles. The number of hydrogen-bond acceptors (Lipinski definition) is 17. The standard InChI is InChI=1S/C22H21F5N4O2.C20H17BrF4N4O.2C20H18BrF3N4O.C20H18ClN5O/c1-21(23,24)15-9-14(10-16(11-15)22(25,26)27)13-5-7-30(8-6-13)20(32)19-29-28-18-4-3-17(33-2)12-31(18)19;1-11-8-14(17(15(22)9-11)20(23,24)25)12-4-6-28(7-5-12)19(30)18-27-26-16-3-2-13(21)10-29(16)18;1-12-2-4-16(20(22,23)24)15(10-12)13-6-8-27(9-7-13)19(29)18-26-25-17-5-3-14(21)11-28(17)18;1-12-2-4-15(16(10-12)20(22,23)24)13-6-8-27(9-7-13)19(29)18-26-25-17-5-3-14(21)11-28(17)18;1-13-2-4-17(21)16(10-13)15-6-8-25(9-7-15)20(27)19-24-23-18-5-3-14(11-22)12-26(18)19/h3-4,9-13H,5-8H2,1-2H3;2-3,8-10,12H,4-7H2,1H3;2*2-5,10-11,13H,6-9H2,1H3;2-5,10,12,15H,6-9H2,1H3. The summed E-state index contributed by atoms with van der Waals surface area (Å²) in [5.41, 5.74) is 3.95. The van der Waals surface area contributed by atoms with E-state index in [1.54, 1.807) is 156 Å². The highest BCUT2D eigenvalue weighted by Crippen LogP contribution is 2.47. The average molecular weight is 2270 g/mol. The molecule has 774 valence electrons. The van der Waals surface area contributed by atoms with Gasteiger partial charge in [0.1, 0.15) is 17.6 Å². The van der Waals surface area contributed by atoms with Crippen LogP contribution in [0.15, 0.2) is 190 Å². The van der Waals surface area contributed by atoms with Crippen molar-refractivity contribution in [1.29, 1.82) is 5.26 Å². The Hall–Kier alpha value is -13.5. The molecule has 10 aromatic heterocycles. The fourth-order valence-electron chi connectivity index (χ4n) is 19.2. The number of halogens is 19. The van der Waals surface area contributed by atoms with E-state index < -0.39 is 70.2 Å². The molecular weight excluding hydrogens is 2180 g/mol. The predicted molar refractivity (Wildman–Crippen MR) is 524 cm³/mol. The highest BCUT2D eigenvalue weighted by atomic mass is 79.9. The van der Waals surface area contributed by atoms with E-state index >= 15 is 0 Å². The fourth-order valence-corrected chi connectivity index (χ4v) is 20.5. The number of likely N-dealkylation sites (tertiary alicyclic amines) is 5. The van der Waals surface area contributed by atoms with E-state index in [1.165, 1.54) is 40.2 Å². The maximum absolute atomic E-state index is 14.1. The summed E-state index contributed by atoms with van der Waals surface area (Å²) in [4.78, 5) is 72.8. The Morgan fingerprint density at radius 1 is 0.351 bits per heavy atom. The maximum atomic E-state index is 14.1. The largest absolute Gasteiger partial charge is 0.495 e. The van der Waals surface area contributed by atoms with Crippen molar-refractivity contribution in [2.45, 2.75) is 159 Å². The van der Waals surface area contributed by atoms with E-state index in [-0.39, 0.29) is 114 Å². The third kappa shape index (κ3) is 24.2. The molecule has 0 bridgehead atoms. The molecule has 5 aromatic carbocycles. The number of methoxy groups -OCH3 is 1. The summed E-state index contributed by atoms with van der Waals surface area (Å²) in [6.07, 6.45) is -5.10. The first-order valence-electron chi connectivity index (χ1n) is 46.9. The SMILES string of the molecule is COc1ccc2nnc(C(=O)N3CCC(c4cc(C(C)(F)F)cc(C(F)(F)F)c4)CC3)n2c1.Cc1cc(F)c(C(F)(F)F)c(C2CCN(C(=O)c3nnc4ccc(Br)cn34)CC2)c1.Cc1ccc(C(F)(F)F)c(C2CCN(C(=O)c3nnc4ccc(Br)cn34)CC2)c1.Cc1ccc(C2CCN(C(=O)c3nnc4ccc(Br)cn34)CC2)c(C(F)(F)F)c1.Cc1ccc(Cl)c(C2CCN(C(=O)c3nnc4ccc(C#N)cn34)CC2)c1. The number of benzene rings is 5. The topological polar surface area (TPSA) is 286 Å². The van der Waals surface area contributed by atoms with E-state index in [4.69, 9.17) is 21.6 Å². The number of aromatic nitrogens is 15. The summed E-state index contributed by atoms with van der Waals surface area (Å²) in [6.45, 7) is 11.4. The van der Waals surface area contributed by atoms with Crippen LogP contribution in [0.25, 0.3) is 28.2 Å². The minimum Gasteiger partial charge on any atom is -0.495 e. The Kier molecular flexibility index (Phi) is 32.0. The van der Waals surface area contributed by atoms with E-state index in [2.05, 4.69) is 118 Å². The van der Waals surface area contributed by atoms with Crippen LogP contribution in [0.5, 0.6) is 5.75 Å². The number of nitrogens with zero attached hydrogens (tertiary/aromatic N) is 21. The number of piperidine rings is 5. The number of rotatable bonds is 12. The summed E-state index contributed by atoms with van der Waals surface area (Å²) < 4.78 is 218.